The number of anilines is 1. The number of nitrogens with zero attached hydrogens (tertiary/aromatic N) is 3. The van der Waals surface area contributed by atoms with Crippen LogP contribution >= 0.6 is 11.8 Å². The van der Waals surface area contributed by atoms with E-state index in [0.29, 0.717) is 13.1 Å². The summed E-state index contributed by atoms with van der Waals surface area (Å²) < 4.78 is 0. The predicted octanol–water partition coefficient (Wildman–Crippen LogP) is 2.41. The molecule has 0 N–H and O–H groups in total. The van der Waals surface area contributed by atoms with Gasteiger partial charge in [-0.15, -0.1) is 0 Å². The molecule has 23 heavy (non-hydrogen) atoms. The molecule has 6 heteroatoms. The maximum atomic E-state index is 12.4. The van der Waals surface area contributed by atoms with Crippen molar-refractivity contribution in [1.29, 1.82) is 0 Å². The van der Waals surface area contributed by atoms with E-state index in [9.17, 15) is 9.59 Å². The Hall–Kier alpha value is -1.69. The summed E-state index contributed by atoms with van der Waals surface area (Å²) in [7, 11) is 1.82. The fraction of sp³-hybridized carbons (Fsp3) is 0.529. The van der Waals surface area contributed by atoms with Crippen molar-refractivity contribution in [3.05, 3.63) is 29.8 Å². The lowest BCUT2D eigenvalue weighted by Crippen LogP contribution is -2.38. The first-order chi connectivity index (χ1) is 11.1. The van der Waals surface area contributed by atoms with Gasteiger partial charge in [0.1, 0.15) is 6.54 Å². The number of benzene rings is 1. The Balaban J connectivity index is 1.64. The van der Waals surface area contributed by atoms with Crippen molar-refractivity contribution in [2.45, 2.75) is 19.4 Å². The maximum absolute atomic E-state index is 12.4. The van der Waals surface area contributed by atoms with Gasteiger partial charge in [-0.2, -0.15) is 0 Å². The van der Waals surface area contributed by atoms with Gasteiger partial charge in [0.25, 0.3) is 5.24 Å². The Labute approximate surface area is 141 Å². The van der Waals surface area contributed by atoms with Crippen LogP contribution in [-0.2, 0) is 11.3 Å². The van der Waals surface area contributed by atoms with Gasteiger partial charge in [0.2, 0.25) is 5.91 Å². The molecular weight excluding hydrogens is 310 g/mol. The molecule has 2 aliphatic heterocycles. The molecule has 0 bridgehead atoms. The zero-order chi connectivity index (χ0) is 16.2. The molecular formula is C17H23N3O2S. The third kappa shape index (κ3) is 3.80. The van der Waals surface area contributed by atoms with Crippen LogP contribution in [0.3, 0.4) is 0 Å². The average molecular weight is 333 g/mol. The van der Waals surface area contributed by atoms with Gasteiger partial charge < -0.3 is 14.7 Å². The van der Waals surface area contributed by atoms with Gasteiger partial charge in [0.15, 0.2) is 0 Å². The van der Waals surface area contributed by atoms with Crippen LogP contribution in [0.2, 0.25) is 0 Å². The first-order valence-corrected chi connectivity index (χ1v) is 9.12. The number of hydrogen-bond acceptors (Lipinski definition) is 4. The molecule has 0 aliphatic carbocycles. The smallest absolute Gasteiger partial charge is 0.282 e. The standard InChI is InChI=1S/C17H23N3O2S/c1-18(16(21)13-20-10-11-23-17(20)22)12-14-6-2-3-7-15(14)19-8-4-5-9-19/h2-3,6-7H,4-5,8-13H2,1H3. The van der Waals surface area contributed by atoms with E-state index in [2.05, 4.69) is 23.1 Å². The molecule has 2 amide bonds. The minimum atomic E-state index is -0.00271. The zero-order valence-electron chi connectivity index (χ0n) is 13.5. The third-order valence-corrected chi connectivity index (χ3v) is 5.33. The van der Waals surface area contributed by atoms with Crippen LogP contribution in [-0.4, -0.2) is 59.9 Å². The molecule has 0 radical (unpaired) electrons. The molecule has 0 aromatic heterocycles. The zero-order valence-corrected chi connectivity index (χ0v) is 14.3. The summed E-state index contributed by atoms with van der Waals surface area (Å²) in [5, 5.41) is 0.0178. The number of para-hydroxylation sites is 1. The van der Waals surface area contributed by atoms with Crippen molar-refractivity contribution in [2.75, 3.05) is 43.9 Å². The van der Waals surface area contributed by atoms with E-state index in [0.717, 1.165) is 18.8 Å². The van der Waals surface area contributed by atoms with Crippen molar-refractivity contribution < 1.29 is 9.59 Å². The molecule has 2 aliphatic rings. The van der Waals surface area contributed by atoms with Crippen LogP contribution in [0.4, 0.5) is 10.5 Å². The summed E-state index contributed by atoms with van der Waals surface area (Å²) >= 11 is 1.29. The number of amides is 2. The third-order valence-electron chi connectivity index (χ3n) is 4.44. The molecule has 1 aromatic carbocycles. The summed E-state index contributed by atoms with van der Waals surface area (Å²) in [6.07, 6.45) is 2.47. The molecule has 0 atom stereocenters. The van der Waals surface area contributed by atoms with Crippen molar-refractivity contribution in [3.8, 4) is 0 Å². The molecule has 0 saturated carbocycles. The number of hydrogen-bond donors (Lipinski definition) is 0. The molecule has 2 heterocycles. The number of likely N-dealkylation sites (N-methyl/N-ethyl adjacent to an activating group) is 1. The van der Waals surface area contributed by atoms with Gasteiger partial charge in [-0.25, -0.2) is 0 Å². The fourth-order valence-corrected chi connectivity index (χ4v) is 3.93. The highest BCUT2D eigenvalue weighted by atomic mass is 32.2. The Morgan fingerprint density at radius 3 is 2.65 bits per heavy atom. The number of carbonyl (C=O) groups is 2. The number of carbonyl (C=O) groups excluding carboxylic acids is 2. The van der Waals surface area contributed by atoms with E-state index >= 15 is 0 Å². The monoisotopic (exact) mass is 333 g/mol. The highest BCUT2D eigenvalue weighted by Gasteiger charge is 2.25. The second-order valence-electron chi connectivity index (χ2n) is 6.11. The van der Waals surface area contributed by atoms with E-state index in [1.807, 2.05) is 13.1 Å². The Morgan fingerprint density at radius 1 is 1.22 bits per heavy atom. The molecule has 2 saturated heterocycles. The van der Waals surface area contributed by atoms with Crippen molar-refractivity contribution in [3.63, 3.8) is 0 Å². The fourth-order valence-electron chi connectivity index (χ4n) is 3.11. The molecule has 0 unspecified atom stereocenters. The highest BCUT2D eigenvalue weighted by Crippen LogP contribution is 2.25. The number of rotatable bonds is 5. The topological polar surface area (TPSA) is 43.9 Å². The lowest BCUT2D eigenvalue weighted by atomic mass is 10.1. The van der Waals surface area contributed by atoms with Crippen molar-refractivity contribution >= 4 is 28.6 Å². The molecule has 124 valence electrons. The summed E-state index contributed by atoms with van der Waals surface area (Å²) in [5.41, 5.74) is 2.41. The summed E-state index contributed by atoms with van der Waals surface area (Å²) in [6.45, 7) is 3.63. The lowest BCUT2D eigenvalue weighted by Gasteiger charge is -2.25. The lowest BCUT2D eigenvalue weighted by molar-refractivity contribution is -0.130. The Morgan fingerprint density at radius 2 is 1.96 bits per heavy atom. The van der Waals surface area contributed by atoms with Crippen molar-refractivity contribution in [1.82, 2.24) is 9.80 Å². The normalized spacial score (nSPS) is 17.9. The van der Waals surface area contributed by atoms with Gasteiger partial charge in [-0.3, -0.25) is 9.59 Å². The predicted molar refractivity (Wildman–Crippen MR) is 93.8 cm³/mol. The summed E-state index contributed by atoms with van der Waals surface area (Å²) in [5.74, 6) is 0.783. The van der Waals surface area contributed by atoms with Gasteiger partial charge in [-0.05, 0) is 24.5 Å². The van der Waals surface area contributed by atoms with Crippen LogP contribution in [0.15, 0.2) is 24.3 Å². The van der Waals surface area contributed by atoms with Gasteiger partial charge in [0, 0.05) is 44.7 Å². The van der Waals surface area contributed by atoms with E-state index in [-0.39, 0.29) is 17.7 Å². The van der Waals surface area contributed by atoms with Crippen LogP contribution in [0.25, 0.3) is 0 Å². The van der Waals surface area contributed by atoms with Crippen molar-refractivity contribution in [2.24, 2.45) is 0 Å². The van der Waals surface area contributed by atoms with Crippen LogP contribution in [0, 0.1) is 0 Å². The molecule has 2 fully saturated rings. The molecule has 5 nitrogen and oxygen atoms in total. The summed E-state index contributed by atoms with van der Waals surface area (Å²) in [4.78, 5) is 29.8. The Bertz CT molecular complexity index is 587. The van der Waals surface area contributed by atoms with Crippen LogP contribution < -0.4 is 4.90 Å². The van der Waals surface area contributed by atoms with E-state index in [1.165, 1.54) is 35.9 Å². The van der Waals surface area contributed by atoms with E-state index in [4.69, 9.17) is 0 Å². The van der Waals surface area contributed by atoms with Crippen LogP contribution in [0.5, 0.6) is 0 Å². The SMILES string of the molecule is CN(Cc1ccccc1N1CCCC1)C(=O)CN1CCSC1=O. The Kier molecular flexibility index (Phi) is 5.10. The maximum Gasteiger partial charge on any atom is 0.282 e. The second-order valence-corrected chi connectivity index (χ2v) is 7.15. The first kappa shape index (κ1) is 16.2. The van der Waals surface area contributed by atoms with E-state index < -0.39 is 0 Å². The van der Waals surface area contributed by atoms with Gasteiger partial charge in [0.05, 0.1) is 0 Å². The summed E-state index contributed by atoms with van der Waals surface area (Å²) in [6, 6.07) is 8.31. The minimum Gasteiger partial charge on any atom is -0.371 e. The first-order valence-electron chi connectivity index (χ1n) is 8.13. The quantitative estimate of drug-likeness (QED) is 0.830. The van der Waals surface area contributed by atoms with Crippen LogP contribution in [0.1, 0.15) is 18.4 Å². The molecule has 0 spiro atoms. The average Bonchev–Trinajstić information content (AvgIpc) is 3.20. The number of thioether (sulfide) groups is 1. The second kappa shape index (κ2) is 7.25. The molecule has 1 aromatic rings. The molecule has 3 rings (SSSR count). The minimum absolute atomic E-state index is 0.00271. The van der Waals surface area contributed by atoms with Gasteiger partial charge in [-0.1, -0.05) is 30.0 Å². The van der Waals surface area contributed by atoms with Gasteiger partial charge >= 0.3 is 0 Å². The largest absolute Gasteiger partial charge is 0.371 e. The van der Waals surface area contributed by atoms with E-state index in [1.54, 1.807) is 9.80 Å². The highest BCUT2D eigenvalue weighted by molar-refractivity contribution is 8.13.